The molecule has 8 rings (SSSR count). The van der Waals surface area contributed by atoms with E-state index in [0.29, 0.717) is 29.4 Å². The molecule has 0 N–H and O–H groups in total. The van der Waals surface area contributed by atoms with Crippen LogP contribution >= 0.6 is 0 Å². The standard InChI is InChI=1S/C29H40BNO/c1-17-22-13-20(28(22,3)4)15-24(17)30(25-16-21-14-23(18(25)2)29(21,5)6)32-26-11-7-9-19-10-8-12-31-27(19)26/h7-12,17-18,20-25H,13-16H2,1-6H3/t17-,18-,20+,21+,22-,23-,24-,25-/m1/s1. The van der Waals surface area contributed by atoms with Gasteiger partial charge >= 0.3 is 6.92 Å². The fourth-order valence-electron chi connectivity index (χ4n) is 9.06. The molecule has 2 aromatic rings. The van der Waals surface area contributed by atoms with Crippen molar-refractivity contribution in [1.82, 2.24) is 4.98 Å². The van der Waals surface area contributed by atoms with Crippen LogP contribution in [0.15, 0.2) is 36.5 Å². The van der Waals surface area contributed by atoms with E-state index in [1.807, 2.05) is 12.3 Å². The van der Waals surface area contributed by atoms with E-state index in [0.717, 1.165) is 46.8 Å². The fourth-order valence-corrected chi connectivity index (χ4v) is 9.06. The highest BCUT2D eigenvalue weighted by molar-refractivity contribution is 6.56. The summed E-state index contributed by atoms with van der Waals surface area (Å²) < 4.78 is 7.16. The Hall–Kier alpha value is -1.51. The molecular weight excluding hydrogens is 389 g/mol. The summed E-state index contributed by atoms with van der Waals surface area (Å²) in [5.74, 6) is 7.26. The van der Waals surface area contributed by atoms with Gasteiger partial charge in [-0.2, -0.15) is 0 Å². The monoisotopic (exact) mass is 429 g/mol. The van der Waals surface area contributed by atoms with E-state index in [-0.39, 0.29) is 0 Å². The highest BCUT2D eigenvalue weighted by Crippen LogP contribution is 2.69. The number of aromatic nitrogens is 1. The zero-order valence-electron chi connectivity index (χ0n) is 20.8. The summed E-state index contributed by atoms with van der Waals surface area (Å²) in [6, 6.07) is 10.7. The minimum absolute atomic E-state index is 0.315. The molecule has 6 aliphatic carbocycles. The second-order valence-electron chi connectivity index (χ2n) is 13.2. The predicted octanol–water partition coefficient (Wildman–Crippen LogP) is 7.75. The summed E-state index contributed by atoms with van der Waals surface area (Å²) in [4.78, 5) is 4.73. The predicted molar refractivity (Wildman–Crippen MR) is 134 cm³/mol. The van der Waals surface area contributed by atoms with Gasteiger partial charge in [-0.25, -0.2) is 0 Å². The number of rotatable bonds is 4. The van der Waals surface area contributed by atoms with Crippen molar-refractivity contribution in [2.45, 2.75) is 78.9 Å². The molecule has 1 aromatic heterocycles. The Labute approximate surface area is 195 Å². The number of para-hydroxylation sites is 1. The second kappa shape index (κ2) is 7.00. The minimum atomic E-state index is 0.315. The Bertz CT molecular complexity index is 983. The molecule has 0 saturated heterocycles. The maximum absolute atomic E-state index is 7.16. The molecule has 1 aromatic carbocycles. The molecule has 0 amide bonds. The Morgan fingerprint density at radius 2 is 1.38 bits per heavy atom. The van der Waals surface area contributed by atoms with E-state index >= 15 is 0 Å². The van der Waals surface area contributed by atoms with Crippen molar-refractivity contribution < 1.29 is 4.65 Å². The molecule has 0 unspecified atom stereocenters. The number of hydrogen-bond donors (Lipinski definition) is 0. The van der Waals surface area contributed by atoms with Crippen molar-refractivity contribution >= 4 is 17.8 Å². The Kier molecular flexibility index (Phi) is 4.61. The zero-order valence-corrected chi connectivity index (χ0v) is 20.8. The van der Waals surface area contributed by atoms with E-state index in [2.05, 4.69) is 65.8 Å². The first-order valence-electron chi connectivity index (χ1n) is 13.2. The van der Waals surface area contributed by atoms with Crippen molar-refractivity contribution in [3.05, 3.63) is 36.5 Å². The highest BCUT2D eigenvalue weighted by atomic mass is 16.4. The lowest BCUT2D eigenvalue weighted by Crippen LogP contribution is -2.60. The third-order valence-corrected chi connectivity index (χ3v) is 11.5. The lowest BCUT2D eigenvalue weighted by molar-refractivity contribution is -0.109. The molecular formula is C29H40BNO. The molecule has 8 atom stereocenters. The van der Waals surface area contributed by atoms with E-state index in [1.54, 1.807) is 0 Å². The highest BCUT2D eigenvalue weighted by Gasteiger charge is 2.63. The van der Waals surface area contributed by atoms with E-state index < -0.39 is 0 Å². The normalized spacial score (nSPS) is 40.8. The lowest BCUT2D eigenvalue weighted by Gasteiger charge is -2.65. The number of pyridine rings is 1. The molecule has 6 fully saturated rings. The van der Waals surface area contributed by atoms with Crippen LogP contribution in [0.5, 0.6) is 5.75 Å². The van der Waals surface area contributed by atoms with E-state index in [1.165, 1.54) is 31.1 Å². The van der Waals surface area contributed by atoms with Crippen LogP contribution in [0.3, 0.4) is 0 Å². The summed E-state index contributed by atoms with van der Waals surface area (Å²) in [6.45, 7) is 15.5. The quantitative estimate of drug-likeness (QED) is 0.464. The number of nitrogens with zero attached hydrogens (tertiary/aromatic N) is 1. The first kappa shape index (κ1) is 21.1. The van der Waals surface area contributed by atoms with Gasteiger partial charge in [0.05, 0.1) is 0 Å². The van der Waals surface area contributed by atoms with Gasteiger partial charge in [0.15, 0.2) is 0 Å². The topological polar surface area (TPSA) is 22.1 Å². The molecule has 0 spiro atoms. The van der Waals surface area contributed by atoms with Gasteiger partial charge in [0.2, 0.25) is 0 Å². The van der Waals surface area contributed by atoms with E-state index in [9.17, 15) is 0 Å². The average Bonchev–Trinajstić information content (AvgIpc) is 2.77. The van der Waals surface area contributed by atoms with Crippen LogP contribution in [-0.2, 0) is 0 Å². The van der Waals surface area contributed by atoms with Crippen LogP contribution in [0, 0.1) is 46.3 Å². The average molecular weight is 429 g/mol. The summed E-state index contributed by atoms with van der Waals surface area (Å²) in [7, 11) is 0. The molecule has 4 bridgehead atoms. The van der Waals surface area contributed by atoms with Crippen LogP contribution in [0.1, 0.15) is 67.2 Å². The Morgan fingerprint density at radius 1 is 0.812 bits per heavy atom. The molecule has 170 valence electrons. The van der Waals surface area contributed by atoms with Crippen molar-refractivity contribution in [3.63, 3.8) is 0 Å². The number of fused-ring (bicyclic) bond motifs is 5. The SMILES string of the molecule is C[C@@H]1[C@H]2C[C@@H](C[C@H]1B(Oc1cccc3cccnc13)[C@@H]1C[C@@H]3C[C@H]([C@H]1C)C3(C)C)C2(C)C. The fraction of sp³-hybridized carbons (Fsp3) is 0.690. The number of hydrogen-bond acceptors (Lipinski definition) is 2. The van der Waals surface area contributed by atoms with Crippen molar-refractivity contribution in [2.75, 3.05) is 0 Å². The van der Waals surface area contributed by atoms with Crippen molar-refractivity contribution in [2.24, 2.45) is 46.3 Å². The van der Waals surface area contributed by atoms with Crippen molar-refractivity contribution in [1.29, 1.82) is 0 Å². The second-order valence-corrected chi connectivity index (χ2v) is 13.2. The Morgan fingerprint density at radius 3 is 1.91 bits per heavy atom. The van der Waals surface area contributed by atoms with E-state index in [4.69, 9.17) is 9.64 Å². The zero-order chi connectivity index (χ0) is 22.4. The molecule has 32 heavy (non-hydrogen) atoms. The lowest BCUT2D eigenvalue weighted by atomic mass is 9.27. The summed E-state index contributed by atoms with van der Waals surface area (Å²) in [6.07, 6.45) is 7.47. The molecule has 0 aliphatic heterocycles. The van der Waals surface area contributed by atoms with Gasteiger partial charge in [0, 0.05) is 11.6 Å². The van der Waals surface area contributed by atoms with Gasteiger partial charge in [-0.05, 0) is 95.8 Å². The van der Waals surface area contributed by atoms with Gasteiger partial charge in [-0.1, -0.05) is 59.7 Å². The van der Waals surface area contributed by atoms with Crippen LogP contribution in [0.2, 0.25) is 11.6 Å². The summed E-state index contributed by atoms with van der Waals surface area (Å²) in [5, 5.41) is 1.19. The van der Waals surface area contributed by atoms with Crippen molar-refractivity contribution in [3.8, 4) is 5.75 Å². The number of benzene rings is 1. The molecule has 2 nitrogen and oxygen atoms in total. The first-order chi connectivity index (χ1) is 15.2. The summed E-state index contributed by atoms with van der Waals surface area (Å²) >= 11 is 0. The van der Waals surface area contributed by atoms with Gasteiger partial charge in [0.1, 0.15) is 11.3 Å². The molecule has 1 heterocycles. The molecule has 0 radical (unpaired) electrons. The first-order valence-corrected chi connectivity index (χ1v) is 13.2. The van der Waals surface area contributed by atoms with Gasteiger partial charge in [-0.3, -0.25) is 4.98 Å². The summed E-state index contributed by atoms with van der Waals surface area (Å²) in [5.41, 5.74) is 2.07. The van der Waals surface area contributed by atoms with Gasteiger partial charge in [0.25, 0.3) is 0 Å². The van der Waals surface area contributed by atoms with Gasteiger partial charge in [-0.15, -0.1) is 0 Å². The van der Waals surface area contributed by atoms with Crippen LogP contribution in [0.25, 0.3) is 10.9 Å². The molecule has 3 heteroatoms. The van der Waals surface area contributed by atoms with Crippen LogP contribution in [0.4, 0.5) is 0 Å². The van der Waals surface area contributed by atoms with Gasteiger partial charge < -0.3 is 4.65 Å². The maximum Gasteiger partial charge on any atom is 0.364 e. The minimum Gasteiger partial charge on any atom is -0.559 e. The maximum atomic E-state index is 7.16. The smallest absolute Gasteiger partial charge is 0.364 e. The Balaban J connectivity index is 1.36. The third kappa shape index (κ3) is 2.81. The van der Waals surface area contributed by atoms with Crippen LogP contribution in [-0.4, -0.2) is 11.9 Å². The largest absolute Gasteiger partial charge is 0.559 e. The molecule has 6 saturated carbocycles. The third-order valence-electron chi connectivity index (χ3n) is 11.5. The van der Waals surface area contributed by atoms with Crippen LogP contribution < -0.4 is 4.65 Å². The molecule has 6 aliphatic rings.